The van der Waals surface area contributed by atoms with Gasteiger partial charge in [0, 0.05) is 11.6 Å². The predicted octanol–water partition coefficient (Wildman–Crippen LogP) is 6.10. The van der Waals surface area contributed by atoms with Crippen LogP contribution >= 0.6 is 0 Å². The first-order valence-corrected chi connectivity index (χ1v) is 9.52. The van der Waals surface area contributed by atoms with Crippen LogP contribution in [0.25, 0.3) is 0 Å². The fourth-order valence-electron chi connectivity index (χ4n) is 2.57. The molecule has 30 heavy (non-hydrogen) atoms. The van der Waals surface area contributed by atoms with Crippen LogP contribution < -0.4 is 18.9 Å². The van der Waals surface area contributed by atoms with E-state index in [1.165, 1.54) is 5.56 Å². The molecule has 0 saturated heterocycles. The molecule has 5 nitrogen and oxygen atoms in total. The number of aliphatic imine (C=N–C) groups is 1. The Morgan fingerprint density at radius 1 is 0.767 bits per heavy atom. The first kappa shape index (κ1) is 21.0. The summed E-state index contributed by atoms with van der Waals surface area (Å²) in [6, 6.07) is 22.6. The van der Waals surface area contributed by atoms with Crippen molar-refractivity contribution in [3.05, 3.63) is 90.2 Å². The number of rotatable bonds is 7. The highest BCUT2D eigenvalue weighted by molar-refractivity contribution is 5.96. The van der Waals surface area contributed by atoms with E-state index in [9.17, 15) is 0 Å². The number of ether oxygens (including phenoxy) is 4. The molecule has 3 aromatic rings. The van der Waals surface area contributed by atoms with Gasteiger partial charge < -0.3 is 18.9 Å². The molecular weight excluding hydrogens is 378 g/mol. The number of hydrogen-bond acceptors (Lipinski definition) is 5. The van der Waals surface area contributed by atoms with E-state index in [0.29, 0.717) is 17.4 Å². The van der Waals surface area contributed by atoms with Crippen LogP contribution in [0.2, 0.25) is 0 Å². The minimum absolute atomic E-state index is 0.417. The predicted molar refractivity (Wildman–Crippen MR) is 119 cm³/mol. The van der Waals surface area contributed by atoms with E-state index in [4.69, 9.17) is 18.9 Å². The summed E-state index contributed by atoms with van der Waals surface area (Å²) in [7, 11) is 3.25. The minimum Gasteiger partial charge on any atom is -0.497 e. The van der Waals surface area contributed by atoms with E-state index in [0.717, 1.165) is 22.8 Å². The fourth-order valence-corrected chi connectivity index (χ4v) is 2.57. The molecule has 0 spiro atoms. The lowest BCUT2D eigenvalue weighted by Crippen LogP contribution is -2.11. The summed E-state index contributed by atoms with van der Waals surface area (Å²) < 4.78 is 22.4. The van der Waals surface area contributed by atoms with Crippen molar-refractivity contribution < 1.29 is 18.9 Å². The first-order chi connectivity index (χ1) is 14.6. The summed E-state index contributed by atoms with van der Waals surface area (Å²) in [5, 5.41) is 0. The lowest BCUT2D eigenvalue weighted by molar-refractivity contribution is 0.411. The molecule has 0 fully saturated rings. The molecule has 0 saturated carbocycles. The van der Waals surface area contributed by atoms with Crippen molar-refractivity contribution >= 4 is 11.6 Å². The molecule has 0 unspecified atom stereocenters. The maximum Gasteiger partial charge on any atom is 0.225 e. The summed E-state index contributed by atoms with van der Waals surface area (Å²) in [6.07, 6.45) is 1.63. The zero-order chi connectivity index (χ0) is 21.3. The summed E-state index contributed by atoms with van der Waals surface area (Å²) in [5.74, 6) is 3.24. The Morgan fingerprint density at radius 3 is 2.07 bits per heavy atom. The molecule has 0 aliphatic rings. The number of benzene rings is 3. The van der Waals surface area contributed by atoms with Crippen LogP contribution in [0.15, 0.2) is 89.6 Å². The normalized spacial score (nSPS) is 11.7. The van der Waals surface area contributed by atoms with Gasteiger partial charge in [0.25, 0.3) is 0 Å². The van der Waals surface area contributed by atoms with E-state index in [1.54, 1.807) is 26.5 Å². The van der Waals surface area contributed by atoms with Crippen LogP contribution in [-0.2, 0) is 0 Å². The van der Waals surface area contributed by atoms with Gasteiger partial charge in [0.15, 0.2) is 0 Å². The largest absolute Gasteiger partial charge is 0.497 e. The molecule has 154 valence electrons. The Bertz CT molecular complexity index is 1020. The van der Waals surface area contributed by atoms with Crippen LogP contribution in [0.1, 0.15) is 12.5 Å². The molecule has 0 atom stereocenters. The Kier molecular flexibility index (Phi) is 7.11. The molecule has 0 aromatic heterocycles. The maximum absolute atomic E-state index is 6.08. The Labute approximate surface area is 177 Å². The smallest absolute Gasteiger partial charge is 0.225 e. The average Bonchev–Trinajstić information content (AvgIpc) is 2.78. The zero-order valence-electron chi connectivity index (χ0n) is 17.6. The lowest BCUT2D eigenvalue weighted by atomic mass is 10.2. The number of methoxy groups -OCH3 is 2. The Hall–Kier alpha value is -3.73. The molecule has 5 heteroatoms. The minimum atomic E-state index is 0.417. The maximum atomic E-state index is 6.08. The average molecular weight is 403 g/mol. The van der Waals surface area contributed by atoms with Crippen molar-refractivity contribution in [2.75, 3.05) is 14.2 Å². The van der Waals surface area contributed by atoms with Crippen molar-refractivity contribution in [1.82, 2.24) is 0 Å². The van der Waals surface area contributed by atoms with Crippen molar-refractivity contribution in [3.63, 3.8) is 0 Å². The van der Waals surface area contributed by atoms with Crippen molar-refractivity contribution in [1.29, 1.82) is 0 Å². The summed E-state index contributed by atoms with van der Waals surface area (Å²) in [6.45, 7) is 3.92. The third-order valence-electron chi connectivity index (χ3n) is 4.29. The molecule has 0 aliphatic heterocycles. The van der Waals surface area contributed by atoms with Crippen LogP contribution in [0.3, 0.4) is 0 Å². The van der Waals surface area contributed by atoms with Crippen LogP contribution in [0.5, 0.6) is 23.0 Å². The summed E-state index contributed by atoms with van der Waals surface area (Å²) >= 11 is 0. The molecule has 0 amide bonds. The molecule has 0 radical (unpaired) electrons. The van der Waals surface area contributed by atoms with Gasteiger partial charge in [0.2, 0.25) is 5.90 Å². The highest BCUT2D eigenvalue weighted by Crippen LogP contribution is 2.23. The van der Waals surface area contributed by atoms with Crippen molar-refractivity contribution in [2.45, 2.75) is 13.8 Å². The van der Waals surface area contributed by atoms with E-state index in [-0.39, 0.29) is 0 Å². The second-order valence-corrected chi connectivity index (χ2v) is 6.63. The molecular formula is C25H25NO4. The Morgan fingerprint density at radius 2 is 1.40 bits per heavy atom. The van der Waals surface area contributed by atoms with Crippen molar-refractivity contribution in [2.24, 2.45) is 4.99 Å². The topological polar surface area (TPSA) is 49.3 Å². The SMILES string of the molecule is COc1ccc(N=C(Oc2cccc(OC)c2)C(C)=COc2ccc(C)cc2)cc1. The Balaban J connectivity index is 1.89. The van der Waals surface area contributed by atoms with Crippen LogP contribution in [0, 0.1) is 6.92 Å². The summed E-state index contributed by atoms with van der Waals surface area (Å²) in [5.41, 5.74) is 2.64. The highest BCUT2D eigenvalue weighted by atomic mass is 16.5. The van der Waals surface area contributed by atoms with E-state index < -0.39 is 0 Å². The molecule has 0 N–H and O–H groups in total. The van der Waals surface area contributed by atoms with E-state index in [1.807, 2.05) is 80.6 Å². The summed E-state index contributed by atoms with van der Waals surface area (Å²) in [4.78, 5) is 4.66. The second-order valence-electron chi connectivity index (χ2n) is 6.63. The number of hydrogen-bond donors (Lipinski definition) is 0. The number of aryl methyl sites for hydroxylation is 1. The van der Waals surface area contributed by atoms with Gasteiger partial charge in [0.05, 0.1) is 26.2 Å². The standard InChI is InChI=1S/C25H25NO4/c1-18-8-12-22(13-9-18)29-17-19(2)25(26-20-10-14-21(27-3)15-11-20)30-24-7-5-6-23(16-24)28-4/h5-17H,1-4H3. The molecule has 3 rings (SSSR count). The third kappa shape index (κ3) is 5.88. The van der Waals surface area contributed by atoms with Gasteiger partial charge in [-0.3, -0.25) is 0 Å². The van der Waals surface area contributed by atoms with Crippen LogP contribution in [-0.4, -0.2) is 20.1 Å². The van der Waals surface area contributed by atoms with Gasteiger partial charge >= 0.3 is 0 Å². The molecule has 0 aliphatic carbocycles. The first-order valence-electron chi connectivity index (χ1n) is 9.52. The van der Waals surface area contributed by atoms with Gasteiger partial charge in [-0.1, -0.05) is 23.8 Å². The highest BCUT2D eigenvalue weighted by Gasteiger charge is 2.09. The molecule has 0 heterocycles. The third-order valence-corrected chi connectivity index (χ3v) is 4.29. The van der Waals surface area contributed by atoms with Crippen LogP contribution in [0.4, 0.5) is 5.69 Å². The number of nitrogens with zero attached hydrogens (tertiary/aromatic N) is 1. The zero-order valence-corrected chi connectivity index (χ0v) is 17.6. The lowest BCUT2D eigenvalue weighted by Gasteiger charge is -2.11. The van der Waals surface area contributed by atoms with Crippen molar-refractivity contribution in [3.8, 4) is 23.0 Å². The second kappa shape index (κ2) is 10.2. The van der Waals surface area contributed by atoms with E-state index in [2.05, 4.69) is 4.99 Å². The van der Waals surface area contributed by atoms with Gasteiger partial charge in [-0.25, -0.2) is 4.99 Å². The quantitative estimate of drug-likeness (QED) is 0.271. The molecule has 0 bridgehead atoms. The fraction of sp³-hybridized carbons (Fsp3) is 0.160. The van der Waals surface area contributed by atoms with E-state index >= 15 is 0 Å². The monoisotopic (exact) mass is 403 g/mol. The van der Waals surface area contributed by atoms with Gasteiger partial charge in [0.1, 0.15) is 23.0 Å². The van der Waals surface area contributed by atoms with Gasteiger partial charge in [-0.05, 0) is 62.4 Å². The van der Waals surface area contributed by atoms with Gasteiger partial charge in [-0.2, -0.15) is 0 Å². The molecule has 3 aromatic carbocycles. The van der Waals surface area contributed by atoms with Gasteiger partial charge in [-0.15, -0.1) is 0 Å².